The van der Waals surface area contributed by atoms with Gasteiger partial charge in [0.15, 0.2) is 5.69 Å². The second-order valence-corrected chi connectivity index (χ2v) is 11.4. The van der Waals surface area contributed by atoms with Crippen LogP contribution in [-0.4, -0.2) is 65.8 Å². The van der Waals surface area contributed by atoms with Gasteiger partial charge in [0, 0.05) is 29.9 Å². The maximum atomic E-state index is 14.1. The fraction of sp³-hybridized carbons (Fsp3) is 0.207. The predicted molar refractivity (Wildman–Crippen MR) is 150 cm³/mol. The van der Waals surface area contributed by atoms with Gasteiger partial charge in [-0.2, -0.15) is 14.1 Å². The number of carboxylic acids is 1. The first-order valence-corrected chi connectivity index (χ1v) is 14.4. The van der Waals surface area contributed by atoms with Crippen LogP contribution >= 0.6 is 0 Å². The molecule has 1 aromatic heterocycles. The number of rotatable bonds is 8. The molecule has 0 atom stereocenters. The average Bonchev–Trinajstić information content (AvgIpc) is 3.30. The third-order valence-electron chi connectivity index (χ3n) is 6.71. The first kappa shape index (κ1) is 28.9. The van der Waals surface area contributed by atoms with Gasteiger partial charge in [-0.05, 0) is 61.9 Å². The van der Waals surface area contributed by atoms with E-state index in [0.717, 1.165) is 16.3 Å². The predicted octanol–water partition coefficient (Wildman–Crippen LogP) is 4.39. The van der Waals surface area contributed by atoms with E-state index in [0.29, 0.717) is 5.56 Å². The zero-order valence-electron chi connectivity index (χ0n) is 22.7. The molecule has 42 heavy (non-hydrogen) atoms. The molecular formula is C29H27FN4O7S. The van der Waals surface area contributed by atoms with Crippen molar-refractivity contribution < 1.29 is 37.0 Å². The SMILES string of the molecule is Cc1ccccc1C(=O)Nc1ccc(Oc2c(C)c(C(=O)O)nn2-c2cccc(F)c2)c(S(=O)(=O)N2CCOCC2)c1. The number of benzene rings is 3. The Bertz CT molecular complexity index is 1780. The molecule has 13 heteroatoms. The highest BCUT2D eigenvalue weighted by atomic mass is 32.2. The Morgan fingerprint density at radius 3 is 2.45 bits per heavy atom. The van der Waals surface area contributed by atoms with Crippen molar-refractivity contribution in [1.29, 1.82) is 0 Å². The molecule has 0 radical (unpaired) electrons. The number of nitrogens with one attached hydrogen (secondary N) is 1. The zero-order chi connectivity index (χ0) is 30.0. The minimum Gasteiger partial charge on any atom is -0.476 e. The van der Waals surface area contributed by atoms with E-state index < -0.39 is 27.7 Å². The molecule has 3 aromatic carbocycles. The molecule has 1 amide bonds. The average molecular weight is 595 g/mol. The van der Waals surface area contributed by atoms with Crippen LogP contribution in [0.15, 0.2) is 71.6 Å². The summed E-state index contributed by atoms with van der Waals surface area (Å²) in [5.41, 5.74) is 1.27. The van der Waals surface area contributed by atoms with Gasteiger partial charge in [-0.25, -0.2) is 17.6 Å². The Hall–Kier alpha value is -4.59. The van der Waals surface area contributed by atoms with E-state index in [2.05, 4.69) is 10.4 Å². The lowest BCUT2D eigenvalue weighted by Crippen LogP contribution is -2.40. The van der Waals surface area contributed by atoms with Gasteiger partial charge in [-0.1, -0.05) is 24.3 Å². The number of carbonyl (C=O) groups excluding carboxylic acids is 1. The summed E-state index contributed by atoms with van der Waals surface area (Å²) in [6.07, 6.45) is 0. The Labute approximate surface area is 241 Å². The molecule has 11 nitrogen and oxygen atoms in total. The van der Waals surface area contributed by atoms with E-state index in [9.17, 15) is 27.5 Å². The van der Waals surface area contributed by atoms with E-state index >= 15 is 0 Å². The van der Waals surface area contributed by atoms with Crippen molar-refractivity contribution in [3.8, 4) is 17.3 Å². The molecule has 4 aromatic rings. The van der Waals surface area contributed by atoms with Gasteiger partial charge in [0.05, 0.1) is 18.9 Å². The number of halogens is 1. The molecule has 1 fully saturated rings. The number of carboxylic acid groups (broad SMARTS) is 1. The van der Waals surface area contributed by atoms with Crippen LogP contribution in [0.3, 0.4) is 0 Å². The van der Waals surface area contributed by atoms with Crippen molar-refractivity contribution in [3.63, 3.8) is 0 Å². The van der Waals surface area contributed by atoms with Crippen molar-refractivity contribution in [3.05, 3.63) is 94.9 Å². The summed E-state index contributed by atoms with van der Waals surface area (Å²) in [6, 6.07) is 16.4. The number of sulfonamides is 1. The Balaban J connectivity index is 1.61. The topological polar surface area (TPSA) is 140 Å². The number of nitrogens with zero attached hydrogens (tertiary/aromatic N) is 3. The number of hydrogen-bond donors (Lipinski definition) is 2. The van der Waals surface area contributed by atoms with Crippen molar-refractivity contribution in [2.24, 2.45) is 0 Å². The summed E-state index contributed by atoms with van der Waals surface area (Å²) in [5.74, 6) is -2.63. The number of anilines is 1. The fourth-order valence-corrected chi connectivity index (χ4v) is 6.06. The first-order valence-electron chi connectivity index (χ1n) is 12.9. The molecular weight excluding hydrogens is 567 g/mol. The van der Waals surface area contributed by atoms with E-state index in [-0.39, 0.29) is 65.5 Å². The number of morpholine rings is 1. The van der Waals surface area contributed by atoms with Gasteiger partial charge >= 0.3 is 5.97 Å². The molecule has 1 aliphatic rings. The molecule has 0 bridgehead atoms. The standard InChI is InChI=1S/C29H27FN4O7S/c1-18-6-3-4-9-23(18)27(35)31-21-10-11-24(25(17-21)42(38,39)33-12-14-40-15-13-33)41-28-19(2)26(29(36)37)32-34(28)22-8-5-7-20(30)16-22/h3-11,16-17H,12-15H2,1-2H3,(H,31,35)(H,36,37). The number of ether oxygens (including phenoxy) is 2. The molecule has 0 spiro atoms. The van der Waals surface area contributed by atoms with Gasteiger partial charge in [-0.3, -0.25) is 4.79 Å². The van der Waals surface area contributed by atoms with Crippen LogP contribution in [0.2, 0.25) is 0 Å². The summed E-state index contributed by atoms with van der Waals surface area (Å²) in [7, 11) is -4.18. The summed E-state index contributed by atoms with van der Waals surface area (Å²) in [5, 5.41) is 16.5. The summed E-state index contributed by atoms with van der Waals surface area (Å²) in [4.78, 5) is 24.6. The number of hydrogen-bond acceptors (Lipinski definition) is 7. The van der Waals surface area contributed by atoms with Crippen molar-refractivity contribution in [2.45, 2.75) is 18.7 Å². The lowest BCUT2D eigenvalue weighted by atomic mass is 10.1. The van der Waals surface area contributed by atoms with Gasteiger partial charge in [-0.15, -0.1) is 0 Å². The van der Waals surface area contributed by atoms with Crippen LogP contribution in [0.4, 0.5) is 10.1 Å². The molecule has 5 rings (SSSR count). The molecule has 1 aliphatic heterocycles. The van der Waals surface area contributed by atoms with Crippen LogP contribution in [0.5, 0.6) is 11.6 Å². The van der Waals surface area contributed by atoms with Crippen molar-refractivity contribution in [1.82, 2.24) is 14.1 Å². The molecule has 0 unspecified atom stereocenters. The molecule has 0 aliphatic carbocycles. The summed E-state index contributed by atoms with van der Waals surface area (Å²) in [6.45, 7) is 3.85. The van der Waals surface area contributed by atoms with Crippen LogP contribution in [0.1, 0.15) is 32.0 Å². The number of carbonyl (C=O) groups is 2. The molecule has 218 valence electrons. The van der Waals surface area contributed by atoms with Crippen molar-refractivity contribution in [2.75, 3.05) is 31.6 Å². The third kappa shape index (κ3) is 5.75. The van der Waals surface area contributed by atoms with E-state index in [1.165, 1.54) is 47.6 Å². The maximum absolute atomic E-state index is 14.1. The molecule has 0 saturated carbocycles. The number of amides is 1. The number of aryl methyl sites for hydroxylation is 1. The van der Waals surface area contributed by atoms with Gasteiger partial charge in [0.1, 0.15) is 16.5 Å². The Morgan fingerprint density at radius 1 is 1.02 bits per heavy atom. The Morgan fingerprint density at radius 2 is 1.76 bits per heavy atom. The fourth-order valence-electron chi connectivity index (χ4n) is 4.51. The van der Waals surface area contributed by atoms with Crippen LogP contribution in [0, 0.1) is 19.7 Å². The van der Waals surface area contributed by atoms with E-state index in [4.69, 9.17) is 9.47 Å². The number of aromatic nitrogens is 2. The second-order valence-electron chi connectivity index (χ2n) is 9.52. The van der Waals surface area contributed by atoms with Crippen LogP contribution in [0.25, 0.3) is 5.69 Å². The lowest BCUT2D eigenvalue weighted by Gasteiger charge is -2.27. The first-order chi connectivity index (χ1) is 20.1. The molecule has 1 saturated heterocycles. The van der Waals surface area contributed by atoms with Gasteiger partial charge < -0.3 is 19.9 Å². The zero-order valence-corrected chi connectivity index (χ0v) is 23.5. The van der Waals surface area contributed by atoms with Crippen molar-refractivity contribution >= 4 is 27.6 Å². The Kier molecular flexibility index (Phi) is 8.07. The minimum absolute atomic E-state index is 0.0958. The normalized spacial score (nSPS) is 14.0. The highest BCUT2D eigenvalue weighted by Crippen LogP contribution is 2.37. The summed E-state index contributed by atoms with van der Waals surface area (Å²) >= 11 is 0. The molecule has 2 N–H and O–H groups in total. The van der Waals surface area contributed by atoms with Crippen LogP contribution < -0.4 is 10.1 Å². The highest BCUT2D eigenvalue weighted by molar-refractivity contribution is 7.89. The lowest BCUT2D eigenvalue weighted by molar-refractivity contribution is 0.0689. The minimum atomic E-state index is -4.18. The van der Waals surface area contributed by atoms with Crippen LogP contribution in [-0.2, 0) is 14.8 Å². The maximum Gasteiger partial charge on any atom is 0.356 e. The van der Waals surface area contributed by atoms with E-state index in [1.807, 2.05) is 0 Å². The van der Waals surface area contributed by atoms with E-state index in [1.54, 1.807) is 31.2 Å². The molecule has 2 heterocycles. The van der Waals surface area contributed by atoms with Gasteiger partial charge in [0.25, 0.3) is 5.91 Å². The number of aromatic carboxylic acids is 1. The monoisotopic (exact) mass is 594 g/mol. The quantitative estimate of drug-likeness (QED) is 0.306. The second kappa shape index (κ2) is 11.7. The largest absolute Gasteiger partial charge is 0.476 e. The summed E-state index contributed by atoms with van der Waals surface area (Å²) < 4.78 is 55.6. The highest BCUT2D eigenvalue weighted by Gasteiger charge is 2.32. The van der Waals surface area contributed by atoms with Gasteiger partial charge in [0.2, 0.25) is 15.9 Å². The smallest absolute Gasteiger partial charge is 0.356 e. The third-order valence-corrected chi connectivity index (χ3v) is 8.63.